The number of nitrogens with one attached hydrogen (secondary N) is 1. The lowest BCUT2D eigenvalue weighted by Gasteiger charge is -2.15. The second kappa shape index (κ2) is 11.0. The molecule has 2 aromatic rings. The van der Waals surface area contributed by atoms with Crippen molar-refractivity contribution >= 4 is 27.9 Å². The number of ether oxygens (including phenoxy) is 2. The van der Waals surface area contributed by atoms with E-state index in [2.05, 4.69) is 27.3 Å². The fourth-order valence-corrected chi connectivity index (χ4v) is 3.03. The molecule has 1 N–H and O–H groups in total. The van der Waals surface area contributed by atoms with Gasteiger partial charge < -0.3 is 14.8 Å². The van der Waals surface area contributed by atoms with Gasteiger partial charge in [-0.1, -0.05) is 34.1 Å². The number of rotatable bonds is 8. The number of benzene rings is 2. The van der Waals surface area contributed by atoms with Gasteiger partial charge in [0, 0.05) is 16.1 Å². The molecule has 2 aromatic carbocycles. The van der Waals surface area contributed by atoms with E-state index in [4.69, 9.17) is 9.47 Å². The summed E-state index contributed by atoms with van der Waals surface area (Å²) in [6, 6.07) is 14.6. The summed E-state index contributed by atoms with van der Waals surface area (Å²) < 4.78 is 12.2. The van der Waals surface area contributed by atoms with Crippen LogP contribution in [-0.2, 0) is 11.4 Å². The first-order valence-corrected chi connectivity index (χ1v) is 10.2. The van der Waals surface area contributed by atoms with Crippen LogP contribution in [0.25, 0.3) is 6.08 Å². The maximum absolute atomic E-state index is 12.2. The normalized spacial score (nSPS) is 10.8. The molecule has 0 aliphatic carbocycles. The van der Waals surface area contributed by atoms with Crippen molar-refractivity contribution in [3.63, 3.8) is 0 Å². The Bertz CT molecular complexity index is 1030. The second-order valence-corrected chi connectivity index (χ2v) is 7.46. The van der Waals surface area contributed by atoms with Gasteiger partial charge in [-0.3, -0.25) is 4.79 Å². The SMILES string of the molecule is CCOc1cc(/C=C(/C#N)C(=O)NC(C)C)c(Br)cc1OCc1ccccc1C#N. The third-order valence-corrected chi connectivity index (χ3v) is 4.66. The van der Waals surface area contributed by atoms with E-state index in [1.54, 1.807) is 24.3 Å². The van der Waals surface area contributed by atoms with Crippen molar-refractivity contribution in [1.82, 2.24) is 5.32 Å². The van der Waals surface area contributed by atoms with E-state index in [9.17, 15) is 15.3 Å². The first-order valence-electron chi connectivity index (χ1n) is 9.39. The van der Waals surface area contributed by atoms with Crippen molar-refractivity contribution in [2.75, 3.05) is 6.61 Å². The highest BCUT2D eigenvalue weighted by Gasteiger charge is 2.15. The molecule has 0 fully saturated rings. The van der Waals surface area contributed by atoms with Crippen molar-refractivity contribution in [3.8, 4) is 23.6 Å². The molecule has 0 saturated carbocycles. The monoisotopic (exact) mass is 467 g/mol. The summed E-state index contributed by atoms with van der Waals surface area (Å²) in [5.41, 5.74) is 1.91. The van der Waals surface area contributed by atoms with E-state index in [-0.39, 0.29) is 18.2 Å². The molecule has 0 heterocycles. The lowest BCUT2D eigenvalue weighted by molar-refractivity contribution is -0.117. The third-order valence-electron chi connectivity index (χ3n) is 3.97. The Labute approximate surface area is 184 Å². The summed E-state index contributed by atoms with van der Waals surface area (Å²) in [4.78, 5) is 12.2. The molecule has 0 aromatic heterocycles. The Hall–Kier alpha value is -3.29. The molecule has 1 amide bonds. The van der Waals surface area contributed by atoms with Gasteiger partial charge in [0.05, 0.1) is 18.2 Å². The quantitative estimate of drug-likeness (QED) is 0.447. The molecule has 30 heavy (non-hydrogen) atoms. The van der Waals surface area contributed by atoms with Crippen molar-refractivity contribution in [2.24, 2.45) is 0 Å². The van der Waals surface area contributed by atoms with Crippen LogP contribution in [0.15, 0.2) is 46.4 Å². The molecule has 2 rings (SSSR count). The van der Waals surface area contributed by atoms with Crippen LogP contribution < -0.4 is 14.8 Å². The average Bonchev–Trinajstić information content (AvgIpc) is 2.72. The van der Waals surface area contributed by atoms with Crippen LogP contribution >= 0.6 is 15.9 Å². The number of halogens is 1. The van der Waals surface area contributed by atoms with Crippen LogP contribution in [0.5, 0.6) is 11.5 Å². The predicted molar refractivity (Wildman–Crippen MR) is 118 cm³/mol. The Balaban J connectivity index is 2.35. The number of carbonyl (C=O) groups is 1. The number of hydrogen-bond donors (Lipinski definition) is 1. The van der Waals surface area contributed by atoms with Crippen molar-refractivity contribution in [3.05, 3.63) is 63.1 Å². The number of carbonyl (C=O) groups excluding carboxylic acids is 1. The molecular formula is C23H22BrN3O3. The van der Waals surface area contributed by atoms with Gasteiger partial charge in [-0.15, -0.1) is 0 Å². The summed E-state index contributed by atoms with van der Waals surface area (Å²) >= 11 is 3.47. The first kappa shape index (κ1) is 23.0. The van der Waals surface area contributed by atoms with E-state index in [0.29, 0.717) is 33.7 Å². The molecule has 0 atom stereocenters. The first-order chi connectivity index (χ1) is 14.4. The van der Waals surface area contributed by atoms with E-state index >= 15 is 0 Å². The van der Waals surface area contributed by atoms with Gasteiger partial charge >= 0.3 is 0 Å². The summed E-state index contributed by atoms with van der Waals surface area (Å²) in [6.07, 6.45) is 1.50. The standard InChI is InChI=1S/C23H22BrN3O3/c1-4-29-21-10-18(9-19(13-26)23(28)27-15(2)3)20(24)11-22(21)30-14-17-8-6-5-7-16(17)12-25/h5-11,15H,4,14H2,1-3H3,(H,27,28)/b19-9-. The van der Waals surface area contributed by atoms with Gasteiger partial charge in [-0.2, -0.15) is 10.5 Å². The van der Waals surface area contributed by atoms with Crippen molar-refractivity contribution in [1.29, 1.82) is 10.5 Å². The number of nitrogens with zero attached hydrogens (tertiary/aromatic N) is 2. The van der Waals surface area contributed by atoms with E-state index < -0.39 is 5.91 Å². The maximum atomic E-state index is 12.2. The second-order valence-electron chi connectivity index (χ2n) is 6.61. The van der Waals surface area contributed by atoms with Gasteiger partial charge in [0.25, 0.3) is 5.91 Å². The van der Waals surface area contributed by atoms with Crippen LogP contribution in [0.3, 0.4) is 0 Å². The Kier molecular flexibility index (Phi) is 8.46. The fourth-order valence-electron chi connectivity index (χ4n) is 2.60. The Morgan fingerprint density at radius 3 is 2.53 bits per heavy atom. The highest BCUT2D eigenvalue weighted by molar-refractivity contribution is 9.10. The molecule has 154 valence electrons. The van der Waals surface area contributed by atoms with Crippen LogP contribution in [0.1, 0.15) is 37.5 Å². The fraction of sp³-hybridized carbons (Fsp3) is 0.261. The van der Waals surface area contributed by atoms with Crippen LogP contribution in [-0.4, -0.2) is 18.6 Å². The summed E-state index contributed by atoms with van der Waals surface area (Å²) in [6.45, 7) is 6.11. The minimum Gasteiger partial charge on any atom is -0.490 e. The molecule has 0 aliphatic heterocycles. The van der Waals surface area contributed by atoms with Crippen LogP contribution in [0, 0.1) is 22.7 Å². The summed E-state index contributed by atoms with van der Waals surface area (Å²) in [5.74, 6) is 0.521. The number of amides is 1. The lowest BCUT2D eigenvalue weighted by Crippen LogP contribution is -2.30. The molecular weight excluding hydrogens is 446 g/mol. The molecule has 0 unspecified atom stereocenters. The molecule has 0 aliphatic rings. The number of nitriles is 2. The topological polar surface area (TPSA) is 95.1 Å². The van der Waals surface area contributed by atoms with E-state index in [0.717, 1.165) is 5.56 Å². The highest BCUT2D eigenvalue weighted by Crippen LogP contribution is 2.35. The lowest BCUT2D eigenvalue weighted by atomic mass is 10.1. The summed E-state index contributed by atoms with van der Waals surface area (Å²) in [7, 11) is 0. The van der Waals surface area contributed by atoms with Gasteiger partial charge in [0.15, 0.2) is 11.5 Å². The Morgan fingerprint density at radius 2 is 1.90 bits per heavy atom. The maximum Gasteiger partial charge on any atom is 0.262 e. The van der Waals surface area contributed by atoms with Crippen LogP contribution in [0.2, 0.25) is 0 Å². The molecule has 0 radical (unpaired) electrons. The van der Waals surface area contributed by atoms with Crippen molar-refractivity contribution in [2.45, 2.75) is 33.4 Å². The number of hydrogen-bond acceptors (Lipinski definition) is 5. The highest BCUT2D eigenvalue weighted by atomic mass is 79.9. The smallest absolute Gasteiger partial charge is 0.262 e. The molecule has 0 bridgehead atoms. The Morgan fingerprint density at radius 1 is 1.20 bits per heavy atom. The molecule has 6 nitrogen and oxygen atoms in total. The minimum absolute atomic E-state index is 0.0107. The van der Waals surface area contributed by atoms with Gasteiger partial charge in [-0.25, -0.2) is 0 Å². The molecule has 0 saturated heterocycles. The van der Waals surface area contributed by atoms with Crippen molar-refractivity contribution < 1.29 is 14.3 Å². The third kappa shape index (κ3) is 6.10. The average molecular weight is 468 g/mol. The molecule has 0 spiro atoms. The van der Waals surface area contributed by atoms with E-state index in [1.807, 2.05) is 39.0 Å². The van der Waals surface area contributed by atoms with Gasteiger partial charge in [-0.05, 0) is 50.6 Å². The largest absolute Gasteiger partial charge is 0.490 e. The summed E-state index contributed by atoms with van der Waals surface area (Å²) in [5, 5.41) is 21.3. The van der Waals surface area contributed by atoms with Gasteiger partial charge in [0.1, 0.15) is 18.2 Å². The molecule has 7 heteroatoms. The predicted octanol–water partition coefficient (Wildman–Crippen LogP) is 4.73. The minimum atomic E-state index is -0.439. The van der Waals surface area contributed by atoms with Crippen LogP contribution in [0.4, 0.5) is 0 Å². The zero-order chi connectivity index (χ0) is 22.1. The van der Waals surface area contributed by atoms with E-state index in [1.165, 1.54) is 6.08 Å². The van der Waals surface area contributed by atoms with Gasteiger partial charge in [0.2, 0.25) is 0 Å². The zero-order valence-electron chi connectivity index (χ0n) is 17.0. The zero-order valence-corrected chi connectivity index (χ0v) is 18.6.